The van der Waals surface area contributed by atoms with Gasteiger partial charge in [-0.1, -0.05) is 0 Å². The second-order valence-electron chi connectivity index (χ2n) is 7.90. The Balaban J connectivity index is 1.33. The normalized spacial score (nSPS) is 14.7. The summed E-state index contributed by atoms with van der Waals surface area (Å²) in [5, 5.41) is 0. The van der Waals surface area contributed by atoms with Gasteiger partial charge in [0.15, 0.2) is 23.3 Å². The molecule has 3 aromatic heterocycles. The molecule has 0 N–H and O–H groups in total. The molecule has 1 atom stereocenters. The smallest absolute Gasteiger partial charge is 0.213 e. The number of hydrogen-bond acceptors (Lipinski definition) is 9. The molecule has 0 saturated carbocycles. The van der Waals surface area contributed by atoms with Crippen LogP contribution in [0.3, 0.4) is 0 Å². The third-order valence-electron chi connectivity index (χ3n) is 5.64. The molecule has 10 nitrogen and oxygen atoms in total. The number of benzene rings is 1. The molecular weight excluding hydrogens is 452 g/mol. The molecular formula is C25H26N4O6. The Bertz CT molecular complexity index is 1290. The van der Waals surface area contributed by atoms with Crippen LogP contribution in [0.2, 0.25) is 0 Å². The monoisotopic (exact) mass is 478 g/mol. The van der Waals surface area contributed by atoms with Crippen molar-refractivity contribution in [2.45, 2.75) is 12.6 Å². The molecule has 35 heavy (non-hydrogen) atoms. The number of rotatable bonds is 9. The van der Waals surface area contributed by atoms with E-state index in [1.807, 2.05) is 34.9 Å². The van der Waals surface area contributed by atoms with Gasteiger partial charge in [-0.3, -0.25) is 0 Å². The molecule has 0 aliphatic carbocycles. The van der Waals surface area contributed by atoms with E-state index in [4.69, 9.17) is 28.4 Å². The van der Waals surface area contributed by atoms with Crippen LogP contribution in [0, 0.1) is 0 Å². The molecule has 0 amide bonds. The zero-order chi connectivity index (χ0) is 24.2. The zero-order valence-corrected chi connectivity index (χ0v) is 19.8. The molecule has 4 aromatic rings. The molecule has 0 spiro atoms. The van der Waals surface area contributed by atoms with Crippen molar-refractivity contribution in [2.24, 2.45) is 0 Å². The average Bonchev–Trinajstić information content (AvgIpc) is 3.30. The van der Waals surface area contributed by atoms with Crippen LogP contribution in [0.4, 0.5) is 0 Å². The van der Waals surface area contributed by atoms with Gasteiger partial charge < -0.3 is 33.0 Å². The number of fused-ring (bicyclic) bond motifs is 2. The molecule has 0 radical (unpaired) electrons. The maximum absolute atomic E-state index is 6.27. The van der Waals surface area contributed by atoms with Crippen LogP contribution in [0.25, 0.3) is 11.2 Å². The summed E-state index contributed by atoms with van der Waals surface area (Å²) in [5.41, 5.74) is 3.38. The van der Waals surface area contributed by atoms with Crippen molar-refractivity contribution >= 4 is 11.2 Å². The number of ether oxygens (including phenoxy) is 6. The summed E-state index contributed by atoms with van der Waals surface area (Å²) in [6, 6.07) is 9.47. The molecule has 0 bridgehead atoms. The summed E-state index contributed by atoms with van der Waals surface area (Å²) in [6.07, 6.45) is 4.85. The number of nitrogens with zero attached hydrogens (tertiary/aromatic N) is 4. The van der Waals surface area contributed by atoms with E-state index in [2.05, 4.69) is 15.0 Å². The number of hydrogen-bond donors (Lipinski definition) is 0. The molecule has 4 heterocycles. The van der Waals surface area contributed by atoms with Crippen LogP contribution in [0.15, 0.2) is 49.1 Å². The molecule has 1 aromatic carbocycles. The lowest BCUT2D eigenvalue weighted by molar-refractivity contribution is 0.0866. The van der Waals surface area contributed by atoms with E-state index in [-0.39, 0.29) is 6.10 Å². The van der Waals surface area contributed by atoms with E-state index in [0.29, 0.717) is 55.2 Å². The van der Waals surface area contributed by atoms with Crippen LogP contribution in [-0.4, -0.2) is 60.7 Å². The quantitative estimate of drug-likeness (QED) is 0.335. The highest BCUT2D eigenvalue weighted by molar-refractivity contribution is 5.72. The largest absolute Gasteiger partial charge is 0.495 e. The Morgan fingerprint density at radius 1 is 1.00 bits per heavy atom. The second kappa shape index (κ2) is 10.1. The Hall–Kier alpha value is -4.05. The van der Waals surface area contributed by atoms with Crippen molar-refractivity contribution in [1.29, 1.82) is 0 Å². The van der Waals surface area contributed by atoms with Gasteiger partial charge in [0.1, 0.15) is 24.5 Å². The predicted octanol–water partition coefficient (Wildman–Crippen LogP) is 3.43. The van der Waals surface area contributed by atoms with Crippen LogP contribution in [-0.2, 0) is 11.3 Å². The average molecular weight is 479 g/mol. The van der Waals surface area contributed by atoms with Gasteiger partial charge in [0, 0.05) is 31.0 Å². The van der Waals surface area contributed by atoms with Gasteiger partial charge in [-0.25, -0.2) is 15.0 Å². The summed E-state index contributed by atoms with van der Waals surface area (Å²) in [6.45, 7) is 1.84. The van der Waals surface area contributed by atoms with E-state index < -0.39 is 0 Å². The first kappa shape index (κ1) is 22.7. The Kier molecular flexibility index (Phi) is 6.53. The van der Waals surface area contributed by atoms with E-state index in [0.717, 1.165) is 22.3 Å². The Morgan fingerprint density at radius 2 is 1.91 bits per heavy atom. The summed E-state index contributed by atoms with van der Waals surface area (Å²) in [7, 11) is 4.85. The summed E-state index contributed by atoms with van der Waals surface area (Å²) < 4.78 is 35.7. The van der Waals surface area contributed by atoms with Crippen molar-refractivity contribution in [1.82, 2.24) is 19.5 Å². The molecule has 1 aliphatic heterocycles. The molecule has 182 valence electrons. The number of imidazole rings is 1. The Labute approximate surface area is 202 Å². The number of methoxy groups -OCH3 is 3. The first-order chi connectivity index (χ1) is 17.2. The first-order valence-corrected chi connectivity index (χ1v) is 11.1. The van der Waals surface area contributed by atoms with Crippen LogP contribution in [0.5, 0.6) is 28.9 Å². The van der Waals surface area contributed by atoms with Crippen molar-refractivity contribution in [3.8, 4) is 28.9 Å². The minimum Gasteiger partial charge on any atom is -0.495 e. The maximum atomic E-state index is 6.27. The first-order valence-electron chi connectivity index (χ1n) is 11.1. The fraction of sp³-hybridized carbons (Fsp3) is 0.320. The minimum atomic E-state index is -0.320. The SMILES string of the molecule is COCCOc1ccc(C2COc3cc(Cn4cnc5cc(OC)cnc54)cc(OC)c3O2)cn1. The van der Waals surface area contributed by atoms with Crippen molar-refractivity contribution in [3.63, 3.8) is 0 Å². The van der Waals surface area contributed by atoms with Gasteiger partial charge in [0.2, 0.25) is 11.6 Å². The van der Waals surface area contributed by atoms with Crippen LogP contribution < -0.4 is 23.7 Å². The van der Waals surface area contributed by atoms with Crippen molar-refractivity contribution < 1.29 is 28.4 Å². The van der Waals surface area contributed by atoms with Gasteiger partial charge in [0.05, 0.1) is 39.9 Å². The fourth-order valence-electron chi connectivity index (χ4n) is 3.85. The summed E-state index contributed by atoms with van der Waals surface area (Å²) in [5.74, 6) is 2.98. The molecule has 10 heteroatoms. The van der Waals surface area contributed by atoms with E-state index in [1.54, 1.807) is 40.1 Å². The van der Waals surface area contributed by atoms with E-state index >= 15 is 0 Å². The third-order valence-corrected chi connectivity index (χ3v) is 5.64. The predicted molar refractivity (Wildman–Crippen MR) is 127 cm³/mol. The molecule has 1 aliphatic rings. The lowest BCUT2D eigenvalue weighted by atomic mass is 10.1. The van der Waals surface area contributed by atoms with Gasteiger partial charge in [0.25, 0.3) is 0 Å². The minimum absolute atomic E-state index is 0.320. The number of aromatic nitrogens is 4. The van der Waals surface area contributed by atoms with Crippen LogP contribution in [0.1, 0.15) is 17.2 Å². The second-order valence-corrected chi connectivity index (χ2v) is 7.90. The van der Waals surface area contributed by atoms with Gasteiger partial charge in [-0.05, 0) is 23.8 Å². The van der Waals surface area contributed by atoms with E-state index in [1.165, 1.54) is 0 Å². The Morgan fingerprint density at radius 3 is 2.69 bits per heavy atom. The standard InChI is InChI=1S/C25H26N4O6/c1-30-6-7-33-23-5-4-17(11-26-23)22-14-34-21-9-16(8-20(32-3)24(21)35-22)13-29-15-28-19-10-18(31-2)12-27-25(19)29/h4-5,8-12,15,22H,6-7,13-14H2,1-3H3. The highest BCUT2D eigenvalue weighted by Crippen LogP contribution is 2.44. The van der Waals surface area contributed by atoms with Gasteiger partial charge in [-0.2, -0.15) is 0 Å². The highest BCUT2D eigenvalue weighted by atomic mass is 16.6. The van der Waals surface area contributed by atoms with Crippen molar-refractivity contribution in [3.05, 3.63) is 60.2 Å². The van der Waals surface area contributed by atoms with E-state index in [9.17, 15) is 0 Å². The summed E-state index contributed by atoms with van der Waals surface area (Å²) in [4.78, 5) is 13.3. The van der Waals surface area contributed by atoms with Crippen molar-refractivity contribution in [2.75, 3.05) is 41.2 Å². The zero-order valence-electron chi connectivity index (χ0n) is 19.8. The lowest BCUT2D eigenvalue weighted by Crippen LogP contribution is -2.22. The third kappa shape index (κ3) is 4.78. The molecule has 5 rings (SSSR count). The summed E-state index contributed by atoms with van der Waals surface area (Å²) >= 11 is 0. The maximum Gasteiger partial charge on any atom is 0.213 e. The molecule has 1 unspecified atom stereocenters. The molecule has 0 fully saturated rings. The van der Waals surface area contributed by atoms with Gasteiger partial charge >= 0.3 is 0 Å². The number of pyridine rings is 2. The lowest BCUT2D eigenvalue weighted by Gasteiger charge is -2.28. The highest BCUT2D eigenvalue weighted by Gasteiger charge is 2.27. The topological polar surface area (TPSA) is 99.0 Å². The molecule has 0 saturated heterocycles. The fourth-order valence-corrected chi connectivity index (χ4v) is 3.85. The van der Waals surface area contributed by atoms with Crippen LogP contribution >= 0.6 is 0 Å². The van der Waals surface area contributed by atoms with Gasteiger partial charge in [-0.15, -0.1) is 0 Å².